The molecule has 0 atom stereocenters. The molecule has 8 heteroatoms. The van der Waals surface area contributed by atoms with E-state index < -0.39 is 17.6 Å². The van der Waals surface area contributed by atoms with Gasteiger partial charge in [0.2, 0.25) is 5.82 Å². The highest BCUT2D eigenvalue weighted by Gasteiger charge is 2.35. The van der Waals surface area contributed by atoms with Gasteiger partial charge in [-0.1, -0.05) is 0 Å². The summed E-state index contributed by atoms with van der Waals surface area (Å²) in [7, 11) is 0. The summed E-state index contributed by atoms with van der Waals surface area (Å²) in [5.74, 6) is -0.651. The molecule has 1 aliphatic rings. The van der Waals surface area contributed by atoms with Crippen LogP contribution in [0.3, 0.4) is 0 Å². The lowest BCUT2D eigenvalue weighted by atomic mass is 10.3. The summed E-state index contributed by atoms with van der Waals surface area (Å²) < 4.78 is 39.0. The van der Waals surface area contributed by atoms with Crippen molar-refractivity contribution in [2.75, 3.05) is 0 Å². The summed E-state index contributed by atoms with van der Waals surface area (Å²) in [5.41, 5.74) is -0.842. The van der Waals surface area contributed by atoms with Crippen molar-refractivity contribution in [1.82, 2.24) is 19.5 Å². The lowest BCUT2D eigenvalue weighted by Gasteiger charge is -2.05. The third-order valence-electron chi connectivity index (χ3n) is 2.74. The number of fused-ring (bicyclic) bond motifs is 3. The fourth-order valence-corrected chi connectivity index (χ4v) is 2.01. The van der Waals surface area contributed by atoms with Crippen LogP contribution in [0.15, 0.2) is 4.79 Å². The SMILES string of the molecule is O=c1[nH]c(C(F)(F)F)nc2c1nc1n2CCC1. The van der Waals surface area contributed by atoms with E-state index in [0.29, 0.717) is 18.8 Å². The van der Waals surface area contributed by atoms with Crippen molar-refractivity contribution in [2.45, 2.75) is 25.6 Å². The Hall–Kier alpha value is -1.86. The highest BCUT2D eigenvalue weighted by Crippen LogP contribution is 2.27. The van der Waals surface area contributed by atoms with Gasteiger partial charge in [0.25, 0.3) is 5.56 Å². The maximum atomic E-state index is 12.5. The highest BCUT2D eigenvalue weighted by atomic mass is 19.4. The molecule has 2 aromatic rings. The maximum absolute atomic E-state index is 12.5. The summed E-state index contributed by atoms with van der Waals surface area (Å²) in [6.07, 6.45) is -3.18. The van der Waals surface area contributed by atoms with E-state index in [1.807, 2.05) is 0 Å². The van der Waals surface area contributed by atoms with Gasteiger partial charge in [0.1, 0.15) is 5.82 Å². The summed E-state index contributed by atoms with van der Waals surface area (Å²) in [4.78, 5) is 20.7. The Morgan fingerprint density at radius 1 is 1.29 bits per heavy atom. The fourth-order valence-electron chi connectivity index (χ4n) is 2.01. The number of rotatable bonds is 0. The van der Waals surface area contributed by atoms with Crippen LogP contribution in [-0.2, 0) is 19.1 Å². The predicted octanol–water partition coefficient (Wildman–Crippen LogP) is 1.08. The molecule has 0 aliphatic carbocycles. The number of aryl methyl sites for hydroxylation is 2. The monoisotopic (exact) mass is 244 g/mol. The van der Waals surface area contributed by atoms with E-state index in [4.69, 9.17) is 0 Å². The summed E-state index contributed by atoms with van der Waals surface area (Å²) in [6.45, 7) is 0.555. The lowest BCUT2D eigenvalue weighted by Crippen LogP contribution is -2.19. The molecule has 0 radical (unpaired) electrons. The van der Waals surface area contributed by atoms with Crippen LogP contribution in [0.5, 0.6) is 0 Å². The van der Waals surface area contributed by atoms with E-state index in [0.717, 1.165) is 6.42 Å². The zero-order chi connectivity index (χ0) is 12.2. The Morgan fingerprint density at radius 3 is 2.76 bits per heavy atom. The molecule has 0 spiro atoms. The predicted molar refractivity (Wildman–Crippen MR) is 51.5 cm³/mol. The first-order chi connectivity index (χ1) is 7.97. The van der Waals surface area contributed by atoms with Gasteiger partial charge in [-0.2, -0.15) is 13.2 Å². The summed E-state index contributed by atoms with van der Waals surface area (Å²) in [6, 6.07) is 0. The van der Waals surface area contributed by atoms with Gasteiger partial charge < -0.3 is 9.55 Å². The molecule has 5 nitrogen and oxygen atoms in total. The minimum atomic E-state index is -4.66. The number of nitrogens with one attached hydrogen (secondary N) is 1. The maximum Gasteiger partial charge on any atom is 0.449 e. The van der Waals surface area contributed by atoms with E-state index in [9.17, 15) is 18.0 Å². The molecular weight excluding hydrogens is 237 g/mol. The average molecular weight is 244 g/mol. The molecule has 0 saturated carbocycles. The van der Waals surface area contributed by atoms with Crippen LogP contribution in [0.25, 0.3) is 11.2 Å². The second-order valence-electron chi connectivity index (χ2n) is 3.87. The molecule has 1 N–H and O–H groups in total. The zero-order valence-corrected chi connectivity index (χ0v) is 8.51. The molecule has 0 aromatic carbocycles. The molecule has 3 heterocycles. The van der Waals surface area contributed by atoms with Gasteiger partial charge in [-0.3, -0.25) is 4.79 Å². The molecule has 90 valence electrons. The number of aromatic nitrogens is 4. The largest absolute Gasteiger partial charge is 0.449 e. The minimum Gasteiger partial charge on any atom is -0.312 e. The molecule has 2 aromatic heterocycles. The van der Waals surface area contributed by atoms with E-state index in [-0.39, 0.29) is 11.2 Å². The number of hydrogen-bond acceptors (Lipinski definition) is 3. The van der Waals surface area contributed by atoms with Gasteiger partial charge in [-0.05, 0) is 6.42 Å². The van der Waals surface area contributed by atoms with E-state index in [2.05, 4.69) is 9.97 Å². The molecule has 0 bridgehead atoms. The average Bonchev–Trinajstić information content (AvgIpc) is 2.76. The van der Waals surface area contributed by atoms with Crippen molar-refractivity contribution >= 4 is 11.2 Å². The number of nitrogens with zero attached hydrogens (tertiary/aromatic N) is 3. The molecule has 17 heavy (non-hydrogen) atoms. The Kier molecular flexibility index (Phi) is 1.87. The van der Waals surface area contributed by atoms with E-state index >= 15 is 0 Å². The van der Waals surface area contributed by atoms with Crippen LogP contribution in [0, 0.1) is 0 Å². The second-order valence-corrected chi connectivity index (χ2v) is 3.87. The third-order valence-corrected chi connectivity index (χ3v) is 2.74. The number of alkyl halides is 3. The van der Waals surface area contributed by atoms with Crippen molar-refractivity contribution in [3.63, 3.8) is 0 Å². The number of halogens is 3. The van der Waals surface area contributed by atoms with Gasteiger partial charge in [0.15, 0.2) is 11.2 Å². The Labute approximate surface area is 92.3 Å². The van der Waals surface area contributed by atoms with Gasteiger partial charge in [0.05, 0.1) is 0 Å². The van der Waals surface area contributed by atoms with Gasteiger partial charge in [-0.15, -0.1) is 0 Å². The van der Waals surface area contributed by atoms with Gasteiger partial charge >= 0.3 is 6.18 Å². The quantitative estimate of drug-likeness (QED) is 0.754. The highest BCUT2D eigenvalue weighted by molar-refractivity contribution is 5.70. The Morgan fingerprint density at radius 2 is 2.06 bits per heavy atom. The molecule has 0 saturated heterocycles. The van der Waals surface area contributed by atoms with Crippen LogP contribution in [0.4, 0.5) is 13.2 Å². The van der Waals surface area contributed by atoms with Crippen LogP contribution in [0.1, 0.15) is 18.1 Å². The zero-order valence-electron chi connectivity index (χ0n) is 8.51. The van der Waals surface area contributed by atoms with Crippen LogP contribution < -0.4 is 5.56 Å². The summed E-state index contributed by atoms with van der Waals surface area (Å²) in [5, 5.41) is 0. The third kappa shape index (κ3) is 1.43. The van der Waals surface area contributed by atoms with Gasteiger partial charge in [0, 0.05) is 13.0 Å². The lowest BCUT2D eigenvalue weighted by molar-refractivity contribution is -0.144. The van der Waals surface area contributed by atoms with Crippen molar-refractivity contribution in [3.05, 3.63) is 22.0 Å². The molecule has 0 amide bonds. The first kappa shape index (κ1) is 10.3. The Balaban J connectivity index is 2.35. The Bertz CT molecular complexity index is 655. The normalized spacial score (nSPS) is 15.5. The smallest absolute Gasteiger partial charge is 0.312 e. The molecule has 3 rings (SSSR count). The van der Waals surface area contributed by atoms with Crippen LogP contribution >= 0.6 is 0 Å². The minimum absolute atomic E-state index is 0.0206. The van der Waals surface area contributed by atoms with Crippen LogP contribution in [-0.4, -0.2) is 19.5 Å². The van der Waals surface area contributed by atoms with E-state index in [1.54, 1.807) is 9.55 Å². The number of H-pyrrole nitrogens is 1. The topological polar surface area (TPSA) is 63.6 Å². The van der Waals surface area contributed by atoms with Crippen molar-refractivity contribution in [1.29, 1.82) is 0 Å². The number of aromatic amines is 1. The van der Waals surface area contributed by atoms with Gasteiger partial charge in [-0.25, -0.2) is 9.97 Å². The first-order valence-corrected chi connectivity index (χ1v) is 5.03. The first-order valence-electron chi connectivity index (χ1n) is 5.03. The molecule has 0 fully saturated rings. The molecule has 1 aliphatic heterocycles. The van der Waals surface area contributed by atoms with Crippen molar-refractivity contribution in [3.8, 4) is 0 Å². The van der Waals surface area contributed by atoms with Crippen molar-refractivity contribution < 1.29 is 13.2 Å². The van der Waals surface area contributed by atoms with E-state index in [1.165, 1.54) is 0 Å². The van der Waals surface area contributed by atoms with Crippen LogP contribution in [0.2, 0.25) is 0 Å². The number of hydrogen-bond donors (Lipinski definition) is 1. The number of imidazole rings is 1. The standard InChI is InChI=1S/C9H7F3N4O/c10-9(11,12)8-14-6-5(7(17)15-8)13-4-2-1-3-16(4)6/h1-3H2,(H,14,15,17). The summed E-state index contributed by atoms with van der Waals surface area (Å²) >= 11 is 0. The fraction of sp³-hybridized carbons (Fsp3) is 0.444. The second kappa shape index (κ2) is 3.08. The molecular formula is C9H7F3N4O. The molecule has 0 unspecified atom stereocenters. The van der Waals surface area contributed by atoms with Crippen molar-refractivity contribution in [2.24, 2.45) is 0 Å².